The molecule has 0 unspecified atom stereocenters. The Morgan fingerprint density at radius 2 is 1.81 bits per heavy atom. The van der Waals surface area contributed by atoms with Gasteiger partial charge in [0.2, 0.25) is 0 Å². The Kier molecular flexibility index (Phi) is 7.70. The Hall–Kier alpha value is -3.12. The number of nitrogens with one attached hydrogen (secondary N) is 1. The number of ether oxygens (including phenoxy) is 2. The zero-order valence-electron chi connectivity index (χ0n) is 19.2. The van der Waals surface area contributed by atoms with Gasteiger partial charge in [-0.05, 0) is 49.4 Å². The van der Waals surface area contributed by atoms with Crippen LogP contribution in [0.5, 0.6) is 5.75 Å². The van der Waals surface area contributed by atoms with Crippen molar-refractivity contribution in [2.75, 3.05) is 18.5 Å². The molecular formula is C26H29NO4S. The molecular weight excluding hydrogens is 422 g/mol. The molecule has 0 spiro atoms. The highest BCUT2D eigenvalue weighted by atomic mass is 32.1. The molecule has 1 heterocycles. The van der Waals surface area contributed by atoms with Crippen molar-refractivity contribution < 1.29 is 19.1 Å². The van der Waals surface area contributed by atoms with Gasteiger partial charge in [0.05, 0.1) is 6.61 Å². The predicted molar refractivity (Wildman–Crippen MR) is 130 cm³/mol. The Labute approximate surface area is 193 Å². The molecule has 1 amide bonds. The Morgan fingerprint density at radius 3 is 2.50 bits per heavy atom. The van der Waals surface area contributed by atoms with Crippen LogP contribution in [0.15, 0.2) is 47.8 Å². The van der Waals surface area contributed by atoms with Crippen molar-refractivity contribution in [3.63, 3.8) is 0 Å². The van der Waals surface area contributed by atoms with Crippen molar-refractivity contribution in [2.45, 2.75) is 40.5 Å². The van der Waals surface area contributed by atoms with Crippen LogP contribution in [0.3, 0.4) is 0 Å². The van der Waals surface area contributed by atoms with Crippen molar-refractivity contribution in [1.29, 1.82) is 0 Å². The van der Waals surface area contributed by atoms with Crippen LogP contribution in [0.2, 0.25) is 0 Å². The minimum atomic E-state index is -0.454. The van der Waals surface area contributed by atoms with Gasteiger partial charge in [-0.1, -0.05) is 55.8 Å². The molecule has 6 heteroatoms. The minimum Gasteiger partial charge on any atom is -0.483 e. The number of carbonyl (C=O) groups is 2. The van der Waals surface area contributed by atoms with E-state index < -0.39 is 5.97 Å². The molecule has 0 aliphatic heterocycles. The number of anilines is 1. The molecule has 1 N–H and O–H groups in total. The highest BCUT2D eigenvalue weighted by Crippen LogP contribution is 2.38. The zero-order chi connectivity index (χ0) is 23.3. The van der Waals surface area contributed by atoms with E-state index in [4.69, 9.17) is 9.47 Å². The lowest BCUT2D eigenvalue weighted by atomic mass is 9.97. The maximum Gasteiger partial charge on any atom is 0.341 e. The van der Waals surface area contributed by atoms with Gasteiger partial charge in [-0.25, -0.2) is 4.79 Å². The van der Waals surface area contributed by atoms with E-state index in [1.807, 2.05) is 55.6 Å². The van der Waals surface area contributed by atoms with Gasteiger partial charge in [-0.2, -0.15) is 0 Å². The molecule has 0 fully saturated rings. The van der Waals surface area contributed by atoms with Gasteiger partial charge in [0.25, 0.3) is 5.91 Å². The third kappa shape index (κ3) is 5.37. The van der Waals surface area contributed by atoms with Crippen LogP contribution in [0.4, 0.5) is 5.00 Å². The summed E-state index contributed by atoms with van der Waals surface area (Å²) in [5.74, 6) is 0.181. The second kappa shape index (κ2) is 10.5. The number of esters is 1. The Bertz CT molecular complexity index is 1120. The van der Waals surface area contributed by atoms with E-state index in [1.165, 1.54) is 11.3 Å². The number of hydrogen-bond donors (Lipinski definition) is 1. The van der Waals surface area contributed by atoms with E-state index in [0.29, 0.717) is 16.3 Å². The average Bonchev–Trinajstić information content (AvgIpc) is 3.15. The molecule has 1 aromatic heterocycles. The van der Waals surface area contributed by atoms with E-state index in [0.717, 1.165) is 27.8 Å². The quantitative estimate of drug-likeness (QED) is 0.405. The van der Waals surface area contributed by atoms with Gasteiger partial charge in [-0.3, -0.25) is 4.79 Å². The standard InChI is InChI=1S/C26H29NO4S/c1-6-30-26(29)24-21(20-12-11-17(4)13-18(20)5)15-32-25(24)27-23(28)14-31-22-10-8-7-9-19(22)16(2)3/h7-13,15-16H,6,14H2,1-5H3,(H,27,28). The summed E-state index contributed by atoms with van der Waals surface area (Å²) in [6, 6.07) is 13.8. The fourth-order valence-corrected chi connectivity index (χ4v) is 4.53. The number of carbonyl (C=O) groups excluding carboxylic acids is 2. The number of benzene rings is 2. The number of aryl methyl sites for hydroxylation is 2. The van der Waals surface area contributed by atoms with Gasteiger partial charge < -0.3 is 14.8 Å². The first kappa shape index (κ1) is 23.5. The number of amides is 1. The maximum absolute atomic E-state index is 12.8. The molecule has 3 rings (SSSR count). The smallest absolute Gasteiger partial charge is 0.341 e. The molecule has 32 heavy (non-hydrogen) atoms. The summed E-state index contributed by atoms with van der Waals surface area (Å²) < 4.78 is 11.1. The fraction of sp³-hybridized carbons (Fsp3) is 0.308. The second-order valence-corrected chi connectivity index (χ2v) is 8.80. The van der Waals surface area contributed by atoms with Crippen molar-refractivity contribution >= 4 is 28.2 Å². The molecule has 0 atom stereocenters. The molecule has 2 aromatic carbocycles. The van der Waals surface area contributed by atoms with Gasteiger partial charge in [0.1, 0.15) is 16.3 Å². The van der Waals surface area contributed by atoms with Gasteiger partial charge in [0, 0.05) is 10.9 Å². The van der Waals surface area contributed by atoms with Gasteiger partial charge in [-0.15, -0.1) is 11.3 Å². The summed E-state index contributed by atoms with van der Waals surface area (Å²) in [6.07, 6.45) is 0. The average molecular weight is 452 g/mol. The van der Waals surface area contributed by atoms with Gasteiger partial charge >= 0.3 is 5.97 Å². The highest BCUT2D eigenvalue weighted by molar-refractivity contribution is 7.15. The minimum absolute atomic E-state index is 0.150. The van der Waals surface area contributed by atoms with Crippen molar-refractivity contribution in [3.05, 3.63) is 70.1 Å². The van der Waals surface area contributed by atoms with Crippen LogP contribution in [0, 0.1) is 13.8 Å². The third-order valence-corrected chi connectivity index (χ3v) is 5.99. The number of hydrogen-bond acceptors (Lipinski definition) is 5. The summed E-state index contributed by atoms with van der Waals surface area (Å²) in [6.45, 7) is 10.1. The first-order valence-electron chi connectivity index (χ1n) is 10.7. The van der Waals surface area contributed by atoms with E-state index in [2.05, 4.69) is 25.2 Å². The number of thiophene rings is 1. The fourth-order valence-electron chi connectivity index (χ4n) is 3.56. The molecule has 0 aliphatic rings. The molecule has 0 aliphatic carbocycles. The normalized spacial score (nSPS) is 10.8. The van der Waals surface area contributed by atoms with Crippen molar-refractivity contribution in [3.8, 4) is 16.9 Å². The van der Waals surface area contributed by atoms with E-state index in [9.17, 15) is 9.59 Å². The molecule has 0 bridgehead atoms. The van der Waals surface area contributed by atoms with Crippen LogP contribution in [0.25, 0.3) is 11.1 Å². The lowest BCUT2D eigenvalue weighted by molar-refractivity contribution is -0.118. The largest absolute Gasteiger partial charge is 0.483 e. The second-order valence-electron chi connectivity index (χ2n) is 7.92. The van der Waals surface area contributed by atoms with Crippen LogP contribution in [0.1, 0.15) is 53.7 Å². The summed E-state index contributed by atoms with van der Waals surface area (Å²) in [5.41, 5.74) is 5.32. The van der Waals surface area contributed by atoms with Crippen LogP contribution < -0.4 is 10.1 Å². The molecule has 3 aromatic rings. The number of para-hydroxylation sites is 1. The van der Waals surface area contributed by atoms with Gasteiger partial charge in [0.15, 0.2) is 6.61 Å². The van der Waals surface area contributed by atoms with Crippen LogP contribution >= 0.6 is 11.3 Å². The molecule has 0 saturated heterocycles. The van der Waals surface area contributed by atoms with E-state index in [-0.39, 0.29) is 25.0 Å². The van der Waals surface area contributed by atoms with E-state index >= 15 is 0 Å². The Morgan fingerprint density at radius 1 is 1.06 bits per heavy atom. The topological polar surface area (TPSA) is 64.6 Å². The lowest BCUT2D eigenvalue weighted by Crippen LogP contribution is -2.21. The molecule has 0 saturated carbocycles. The zero-order valence-corrected chi connectivity index (χ0v) is 20.0. The van der Waals surface area contributed by atoms with Crippen LogP contribution in [-0.2, 0) is 9.53 Å². The molecule has 0 radical (unpaired) electrons. The third-order valence-electron chi connectivity index (χ3n) is 5.10. The molecule has 5 nitrogen and oxygen atoms in total. The SMILES string of the molecule is CCOC(=O)c1c(-c2ccc(C)cc2C)csc1NC(=O)COc1ccccc1C(C)C. The first-order valence-corrected chi connectivity index (χ1v) is 11.6. The first-order chi connectivity index (χ1) is 15.3. The van der Waals surface area contributed by atoms with Crippen molar-refractivity contribution in [1.82, 2.24) is 0 Å². The maximum atomic E-state index is 12.8. The van der Waals surface area contributed by atoms with Crippen LogP contribution in [-0.4, -0.2) is 25.1 Å². The van der Waals surface area contributed by atoms with Crippen molar-refractivity contribution in [2.24, 2.45) is 0 Å². The lowest BCUT2D eigenvalue weighted by Gasteiger charge is -2.14. The number of rotatable bonds is 8. The monoisotopic (exact) mass is 451 g/mol. The molecule has 168 valence electrons. The summed E-state index contributed by atoms with van der Waals surface area (Å²) >= 11 is 1.31. The summed E-state index contributed by atoms with van der Waals surface area (Å²) in [4.78, 5) is 25.5. The summed E-state index contributed by atoms with van der Waals surface area (Å²) in [5, 5.41) is 5.19. The summed E-state index contributed by atoms with van der Waals surface area (Å²) in [7, 11) is 0. The highest BCUT2D eigenvalue weighted by Gasteiger charge is 2.24. The van der Waals surface area contributed by atoms with E-state index in [1.54, 1.807) is 6.92 Å². The Balaban J connectivity index is 1.84. The predicted octanol–water partition coefficient (Wildman–Crippen LogP) is 6.35.